The number of hydrogen-bond acceptors (Lipinski definition) is 8. The van der Waals surface area contributed by atoms with Gasteiger partial charge in [-0.25, -0.2) is 9.78 Å². The Kier molecular flexibility index (Phi) is 5.41. The fourth-order valence-electron chi connectivity index (χ4n) is 2.03. The highest BCUT2D eigenvalue weighted by molar-refractivity contribution is 5.94. The summed E-state index contributed by atoms with van der Waals surface area (Å²) in [6, 6.07) is 7.15. The molecule has 0 amide bonds. The first-order valence-corrected chi connectivity index (χ1v) is 7.09. The van der Waals surface area contributed by atoms with Gasteiger partial charge in [-0.3, -0.25) is 25.0 Å². The number of aromatic carboxylic acids is 1. The van der Waals surface area contributed by atoms with E-state index in [2.05, 4.69) is 9.97 Å². The number of rotatable bonds is 3. The number of nitrogens with two attached hydrogens (primary N) is 1. The second kappa shape index (κ2) is 7.69. The van der Waals surface area contributed by atoms with E-state index in [4.69, 9.17) is 10.8 Å². The van der Waals surface area contributed by atoms with E-state index in [1.54, 1.807) is 0 Å². The van der Waals surface area contributed by atoms with Crippen LogP contribution < -0.4 is 11.3 Å². The van der Waals surface area contributed by atoms with Crippen LogP contribution in [0.2, 0.25) is 0 Å². The molecular formula is C15H11N5O7. The largest absolute Gasteiger partial charge is 0.478 e. The Balaban J connectivity index is 0.000000194. The predicted octanol–water partition coefficient (Wildman–Crippen LogP) is 1.71. The van der Waals surface area contributed by atoms with Gasteiger partial charge in [-0.05, 0) is 12.1 Å². The summed E-state index contributed by atoms with van der Waals surface area (Å²) >= 11 is 0. The molecule has 0 radical (unpaired) electrons. The van der Waals surface area contributed by atoms with E-state index in [-0.39, 0.29) is 28.2 Å². The number of anilines is 1. The third-order valence-corrected chi connectivity index (χ3v) is 3.31. The highest BCUT2D eigenvalue weighted by Gasteiger charge is 2.12. The topological polar surface area (TPSA) is 195 Å². The lowest BCUT2D eigenvalue weighted by molar-refractivity contribution is -0.384. The summed E-state index contributed by atoms with van der Waals surface area (Å²) in [5.41, 5.74) is 4.76. The number of H-pyrrole nitrogens is 1. The molecule has 0 unspecified atom stereocenters. The minimum Gasteiger partial charge on any atom is -0.478 e. The number of nitrogens with zero attached hydrogens (tertiary/aromatic N) is 3. The van der Waals surface area contributed by atoms with Crippen molar-refractivity contribution in [3.63, 3.8) is 0 Å². The molecule has 0 aliphatic rings. The highest BCUT2D eigenvalue weighted by atomic mass is 16.6. The van der Waals surface area contributed by atoms with E-state index in [0.717, 1.165) is 18.2 Å². The number of carbonyl (C=O) groups is 1. The smallest absolute Gasteiger partial charge is 0.337 e. The van der Waals surface area contributed by atoms with Gasteiger partial charge >= 0.3 is 5.97 Å². The van der Waals surface area contributed by atoms with Crippen LogP contribution in [0.3, 0.4) is 0 Å². The lowest BCUT2D eigenvalue weighted by Crippen LogP contribution is -2.06. The van der Waals surface area contributed by atoms with Crippen LogP contribution in [0, 0.1) is 20.2 Å². The molecule has 0 aliphatic heterocycles. The average Bonchev–Trinajstić information content (AvgIpc) is 2.61. The van der Waals surface area contributed by atoms with Crippen LogP contribution in [-0.2, 0) is 0 Å². The van der Waals surface area contributed by atoms with Crippen molar-refractivity contribution in [2.75, 3.05) is 5.73 Å². The van der Waals surface area contributed by atoms with Gasteiger partial charge in [0.25, 0.3) is 16.9 Å². The number of nitrogens with one attached hydrogen (secondary N) is 1. The van der Waals surface area contributed by atoms with Crippen LogP contribution in [0.15, 0.2) is 47.5 Å². The summed E-state index contributed by atoms with van der Waals surface area (Å²) in [4.78, 5) is 47.4. The van der Waals surface area contributed by atoms with E-state index in [0.29, 0.717) is 10.9 Å². The first-order valence-electron chi connectivity index (χ1n) is 7.09. The Labute approximate surface area is 149 Å². The first kappa shape index (κ1) is 19.0. The molecule has 138 valence electrons. The molecule has 27 heavy (non-hydrogen) atoms. The summed E-state index contributed by atoms with van der Waals surface area (Å²) < 4.78 is 0. The molecule has 12 nitrogen and oxygen atoms in total. The second-order valence-electron chi connectivity index (χ2n) is 5.02. The van der Waals surface area contributed by atoms with Crippen molar-refractivity contribution < 1.29 is 19.7 Å². The van der Waals surface area contributed by atoms with Crippen molar-refractivity contribution in [1.29, 1.82) is 0 Å². The maximum Gasteiger partial charge on any atom is 0.337 e. The van der Waals surface area contributed by atoms with Crippen LogP contribution >= 0.6 is 0 Å². The zero-order chi connectivity index (χ0) is 20.1. The number of carboxylic acid groups (broad SMARTS) is 1. The molecule has 0 fully saturated rings. The number of fused-ring (bicyclic) bond motifs is 1. The average molecular weight is 373 g/mol. The first-order chi connectivity index (χ1) is 12.7. The SMILES string of the molecule is Nc1cc([N+](=O)[O-])ccc1C(=O)O.O=c1[nH]cnc2cc([N+](=O)[O-])ccc12. The predicted molar refractivity (Wildman–Crippen MR) is 93.5 cm³/mol. The maximum absolute atomic E-state index is 11.2. The lowest BCUT2D eigenvalue weighted by atomic mass is 10.1. The quantitative estimate of drug-likeness (QED) is 0.347. The minimum absolute atomic E-state index is 0.0735. The van der Waals surface area contributed by atoms with Gasteiger partial charge < -0.3 is 15.8 Å². The molecular weight excluding hydrogens is 362 g/mol. The Bertz CT molecular complexity index is 1110. The number of non-ortho nitro benzene ring substituents is 2. The standard InChI is InChI=1S/C8H5N3O3.C7H6N2O4/c12-8-6-2-1-5(11(13)14)3-7(6)9-4-10-8;8-6-3-4(9(12)13)1-2-5(6)7(10)11/h1-4H,(H,9,10,12);1-3H,8H2,(H,10,11). The molecule has 2 aromatic carbocycles. The third-order valence-electron chi connectivity index (χ3n) is 3.31. The molecule has 1 heterocycles. The third kappa shape index (κ3) is 4.39. The number of aromatic amines is 1. The van der Waals surface area contributed by atoms with Crippen molar-refractivity contribution in [3.8, 4) is 0 Å². The number of benzene rings is 2. The number of hydrogen-bond donors (Lipinski definition) is 3. The fourth-order valence-corrected chi connectivity index (χ4v) is 2.03. The van der Waals surface area contributed by atoms with Crippen molar-refractivity contribution in [2.45, 2.75) is 0 Å². The van der Waals surface area contributed by atoms with E-state index in [1.165, 1.54) is 24.5 Å². The number of nitro groups is 2. The van der Waals surface area contributed by atoms with Gasteiger partial charge in [0.15, 0.2) is 0 Å². The number of aromatic nitrogens is 2. The monoisotopic (exact) mass is 373 g/mol. The minimum atomic E-state index is -1.20. The van der Waals surface area contributed by atoms with E-state index in [9.17, 15) is 29.8 Å². The second-order valence-corrected chi connectivity index (χ2v) is 5.02. The van der Waals surface area contributed by atoms with Crippen LogP contribution in [0.1, 0.15) is 10.4 Å². The summed E-state index contributed by atoms with van der Waals surface area (Å²) in [7, 11) is 0. The Hall–Kier alpha value is -4.35. The highest BCUT2D eigenvalue weighted by Crippen LogP contribution is 2.19. The summed E-state index contributed by atoms with van der Waals surface area (Å²) in [6.45, 7) is 0. The van der Waals surface area contributed by atoms with Crippen molar-refractivity contribution in [3.05, 3.63) is 78.9 Å². The molecule has 1 aromatic heterocycles. The zero-order valence-corrected chi connectivity index (χ0v) is 13.4. The summed E-state index contributed by atoms with van der Waals surface area (Å²) in [5, 5.41) is 29.5. The molecule has 0 spiro atoms. The number of nitro benzene ring substituents is 2. The van der Waals surface area contributed by atoms with Crippen molar-refractivity contribution in [1.82, 2.24) is 9.97 Å². The normalized spacial score (nSPS) is 9.93. The number of nitrogen functional groups attached to an aromatic ring is 1. The van der Waals surface area contributed by atoms with E-state index in [1.807, 2.05) is 0 Å². The van der Waals surface area contributed by atoms with Crippen LogP contribution in [0.5, 0.6) is 0 Å². The van der Waals surface area contributed by atoms with Gasteiger partial charge in [0.2, 0.25) is 0 Å². The summed E-state index contributed by atoms with van der Waals surface area (Å²) in [6.07, 6.45) is 1.22. The number of carboxylic acids is 1. The maximum atomic E-state index is 11.2. The molecule has 0 aliphatic carbocycles. The van der Waals surface area contributed by atoms with Gasteiger partial charge in [0.05, 0.1) is 38.3 Å². The Morgan fingerprint density at radius 2 is 1.67 bits per heavy atom. The van der Waals surface area contributed by atoms with E-state index >= 15 is 0 Å². The molecule has 4 N–H and O–H groups in total. The molecule has 0 saturated heterocycles. The molecule has 3 rings (SSSR count). The fraction of sp³-hybridized carbons (Fsp3) is 0. The van der Waals surface area contributed by atoms with Gasteiger partial charge in [-0.1, -0.05) is 0 Å². The van der Waals surface area contributed by atoms with Gasteiger partial charge in [-0.2, -0.15) is 0 Å². The lowest BCUT2D eigenvalue weighted by Gasteiger charge is -1.98. The Morgan fingerprint density at radius 1 is 1.07 bits per heavy atom. The molecule has 0 saturated carbocycles. The van der Waals surface area contributed by atoms with Crippen molar-refractivity contribution >= 4 is 33.9 Å². The molecule has 12 heteroatoms. The van der Waals surface area contributed by atoms with Crippen LogP contribution in [-0.4, -0.2) is 30.9 Å². The van der Waals surface area contributed by atoms with E-state index < -0.39 is 15.8 Å². The Morgan fingerprint density at radius 3 is 2.22 bits per heavy atom. The van der Waals surface area contributed by atoms with Crippen LogP contribution in [0.4, 0.5) is 17.1 Å². The van der Waals surface area contributed by atoms with Gasteiger partial charge in [0, 0.05) is 24.3 Å². The van der Waals surface area contributed by atoms with Crippen molar-refractivity contribution in [2.24, 2.45) is 0 Å². The van der Waals surface area contributed by atoms with Crippen LogP contribution in [0.25, 0.3) is 10.9 Å². The molecule has 0 bridgehead atoms. The molecule has 3 aromatic rings. The molecule has 0 atom stereocenters. The zero-order valence-electron chi connectivity index (χ0n) is 13.4. The van der Waals surface area contributed by atoms with Gasteiger partial charge in [0.1, 0.15) is 0 Å². The summed E-state index contributed by atoms with van der Waals surface area (Å²) in [5.74, 6) is -1.20. The van der Waals surface area contributed by atoms with Gasteiger partial charge in [-0.15, -0.1) is 0 Å².